The van der Waals surface area contributed by atoms with Gasteiger partial charge in [0.15, 0.2) is 0 Å². The number of carbonyl (C=O) groups excluding carboxylic acids is 1. The highest BCUT2D eigenvalue weighted by Crippen LogP contribution is 2.31. The fraction of sp³-hybridized carbons (Fsp3) is 0.720. The number of aromatic hydroxyl groups is 1. The topological polar surface area (TPSA) is 71.5 Å². The average Bonchev–Trinajstić information content (AvgIpc) is 2.75. The maximum atomic E-state index is 12.2. The minimum atomic E-state index is -0.457. The van der Waals surface area contributed by atoms with Gasteiger partial charge in [0.2, 0.25) is 0 Å². The van der Waals surface area contributed by atoms with Crippen LogP contribution in [0.25, 0.3) is 0 Å². The molecule has 1 saturated heterocycles. The molecular formula is C25H40N2O5. The predicted octanol–water partition coefficient (Wildman–Crippen LogP) is 4.35. The molecule has 32 heavy (non-hydrogen) atoms. The normalized spacial score (nSPS) is 23.6. The van der Waals surface area contributed by atoms with Crippen LogP contribution in [-0.4, -0.2) is 77.6 Å². The van der Waals surface area contributed by atoms with Gasteiger partial charge in [-0.2, -0.15) is 0 Å². The van der Waals surface area contributed by atoms with E-state index in [1.807, 2.05) is 39.8 Å². The van der Waals surface area contributed by atoms with Crippen LogP contribution < -0.4 is 4.74 Å². The van der Waals surface area contributed by atoms with Gasteiger partial charge in [0.25, 0.3) is 0 Å². The Morgan fingerprint density at radius 1 is 1.09 bits per heavy atom. The highest BCUT2D eigenvalue weighted by molar-refractivity contribution is 5.68. The molecule has 7 heteroatoms. The Bertz CT molecular complexity index is 747. The summed E-state index contributed by atoms with van der Waals surface area (Å²) >= 11 is 0. The second kappa shape index (κ2) is 10.8. The molecule has 0 bridgehead atoms. The van der Waals surface area contributed by atoms with Crippen molar-refractivity contribution in [3.8, 4) is 11.5 Å². The highest BCUT2D eigenvalue weighted by atomic mass is 16.6. The van der Waals surface area contributed by atoms with Crippen LogP contribution in [0.2, 0.25) is 0 Å². The largest absolute Gasteiger partial charge is 0.508 e. The molecule has 1 aliphatic heterocycles. The number of hydrogen-bond acceptors (Lipinski definition) is 6. The van der Waals surface area contributed by atoms with Crippen LogP contribution in [0.15, 0.2) is 18.2 Å². The molecule has 1 atom stereocenters. The van der Waals surface area contributed by atoms with Crippen molar-refractivity contribution in [2.45, 2.75) is 84.2 Å². The smallest absolute Gasteiger partial charge is 0.410 e. The lowest BCUT2D eigenvalue weighted by molar-refractivity contribution is -0.0309. The summed E-state index contributed by atoms with van der Waals surface area (Å²) in [5.74, 6) is 1.05. The SMILES string of the molecule is Cc1c(O)cccc1OC1CCC(OCC(C)N2CCN(C(=O)OC(C)(C)C)CC2)CC1. The summed E-state index contributed by atoms with van der Waals surface area (Å²) in [7, 11) is 0. The van der Waals surface area contributed by atoms with Gasteiger partial charge in [-0.3, -0.25) is 4.90 Å². The molecule has 1 amide bonds. The number of ether oxygens (including phenoxy) is 3. The first-order valence-corrected chi connectivity index (χ1v) is 11.9. The van der Waals surface area contributed by atoms with Crippen LogP contribution in [0, 0.1) is 6.92 Å². The van der Waals surface area contributed by atoms with Gasteiger partial charge in [-0.25, -0.2) is 4.79 Å². The molecule has 1 aromatic rings. The van der Waals surface area contributed by atoms with Gasteiger partial charge in [0.05, 0.1) is 18.8 Å². The highest BCUT2D eigenvalue weighted by Gasteiger charge is 2.29. The van der Waals surface area contributed by atoms with E-state index in [-0.39, 0.29) is 24.1 Å². The van der Waals surface area contributed by atoms with E-state index >= 15 is 0 Å². The monoisotopic (exact) mass is 448 g/mol. The summed E-state index contributed by atoms with van der Waals surface area (Å²) in [5, 5.41) is 9.86. The Balaban J connectivity index is 1.34. The minimum Gasteiger partial charge on any atom is -0.508 e. The second-order valence-corrected chi connectivity index (χ2v) is 10.1. The van der Waals surface area contributed by atoms with Crippen molar-refractivity contribution in [3.63, 3.8) is 0 Å². The molecule has 1 aliphatic carbocycles. The minimum absolute atomic E-state index is 0.175. The van der Waals surface area contributed by atoms with Gasteiger partial charge in [-0.15, -0.1) is 0 Å². The summed E-state index contributed by atoms with van der Waals surface area (Å²) in [5.41, 5.74) is 0.340. The molecule has 1 saturated carbocycles. The van der Waals surface area contributed by atoms with E-state index in [1.54, 1.807) is 11.0 Å². The van der Waals surface area contributed by atoms with Gasteiger partial charge in [0.1, 0.15) is 17.1 Å². The number of carbonyl (C=O) groups is 1. The van der Waals surface area contributed by atoms with Gasteiger partial charge >= 0.3 is 6.09 Å². The van der Waals surface area contributed by atoms with Crippen molar-refractivity contribution in [2.75, 3.05) is 32.8 Å². The Labute approximate surface area is 192 Å². The zero-order chi connectivity index (χ0) is 23.3. The molecule has 1 aromatic carbocycles. The quantitative estimate of drug-likeness (QED) is 0.698. The van der Waals surface area contributed by atoms with Crippen LogP contribution in [0.1, 0.15) is 58.9 Å². The van der Waals surface area contributed by atoms with Gasteiger partial charge in [-0.05, 0) is 72.4 Å². The molecule has 0 radical (unpaired) electrons. The molecule has 0 spiro atoms. The van der Waals surface area contributed by atoms with Gasteiger partial charge < -0.3 is 24.2 Å². The van der Waals surface area contributed by atoms with E-state index in [0.29, 0.717) is 25.7 Å². The maximum Gasteiger partial charge on any atom is 0.410 e. The van der Waals surface area contributed by atoms with Gasteiger partial charge in [0, 0.05) is 37.8 Å². The summed E-state index contributed by atoms with van der Waals surface area (Å²) in [6.45, 7) is 13.5. The van der Waals surface area contributed by atoms with E-state index in [4.69, 9.17) is 14.2 Å². The molecule has 2 fully saturated rings. The van der Waals surface area contributed by atoms with E-state index < -0.39 is 5.60 Å². The van der Waals surface area contributed by atoms with Crippen LogP contribution in [0.5, 0.6) is 11.5 Å². The Kier molecular flexibility index (Phi) is 8.28. The van der Waals surface area contributed by atoms with Crippen LogP contribution in [-0.2, 0) is 9.47 Å². The average molecular weight is 449 g/mol. The van der Waals surface area contributed by atoms with Crippen molar-refractivity contribution in [1.82, 2.24) is 9.80 Å². The number of phenolic OH excluding ortho intramolecular Hbond substituents is 1. The lowest BCUT2D eigenvalue weighted by Gasteiger charge is -2.39. The van der Waals surface area contributed by atoms with Crippen molar-refractivity contribution < 1.29 is 24.1 Å². The fourth-order valence-electron chi connectivity index (χ4n) is 4.28. The van der Waals surface area contributed by atoms with Crippen molar-refractivity contribution in [3.05, 3.63) is 23.8 Å². The molecule has 1 heterocycles. The summed E-state index contributed by atoms with van der Waals surface area (Å²) < 4.78 is 17.8. The second-order valence-electron chi connectivity index (χ2n) is 10.1. The molecule has 2 aliphatic rings. The third-order valence-corrected chi connectivity index (χ3v) is 6.33. The van der Waals surface area contributed by atoms with E-state index in [1.165, 1.54) is 0 Å². The Hall–Kier alpha value is -1.99. The number of hydrogen-bond donors (Lipinski definition) is 1. The van der Waals surface area contributed by atoms with Crippen molar-refractivity contribution in [1.29, 1.82) is 0 Å². The van der Waals surface area contributed by atoms with Crippen molar-refractivity contribution in [2.24, 2.45) is 0 Å². The molecule has 180 valence electrons. The number of piperazine rings is 1. The molecule has 1 N–H and O–H groups in total. The zero-order valence-electron chi connectivity index (χ0n) is 20.3. The fourth-order valence-corrected chi connectivity index (χ4v) is 4.28. The Morgan fingerprint density at radius 2 is 1.72 bits per heavy atom. The van der Waals surface area contributed by atoms with Crippen LogP contribution in [0.4, 0.5) is 4.79 Å². The third-order valence-electron chi connectivity index (χ3n) is 6.33. The summed E-state index contributed by atoms with van der Waals surface area (Å²) in [6.07, 6.45) is 4.12. The molecule has 7 nitrogen and oxygen atoms in total. The lowest BCUT2D eigenvalue weighted by atomic mass is 9.94. The number of benzene rings is 1. The molecule has 3 rings (SSSR count). The number of phenols is 1. The van der Waals surface area contributed by atoms with Gasteiger partial charge in [-0.1, -0.05) is 6.07 Å². The first kappa shape index (κ1) is 24.6. The predicted molar refractivity (Wildman–Crippen MR) is 124 cm³/mol. The van der Waals surface area contributed by atoms with Crippen molar-refractivity contribution >= 4 is 6.09 Å². The Morgan fingerprint density at radius 3 is 2.34 bits per heavy atom. The maximum absolute atomic E-state index is 12.2. The third kappa shape index (κ3) is 7.01. The first-order valence-electron chi connectivity index (χ1n) is 11.9. The van der Waals surface area contributed by atoms with E-state index in [9.17, 15) is 9.90 Å². The summed E-state index contributed by atoms with van der Waals surface area (Å²) in [6, 6.07) is 5.74. The standard InChI is InChI=1S/C25H40N2O5/c1-18(26-13-15-27(16-14-26)24(29)32-25(3,4)5)17-30-20-9-11-21(12-10-20)31-23-8-6-7-22(28)19(23)2/h6-8,18,20-21,28H,9-17H2,1-5H3. The first-order chi connectivity index (χ1) is 15.1. The summed E-state index contributed by atoms with van der Waals surface area (Å²) in [4.78, 5) is 16.4. The molecular weight excluding hydrogens is 408 g/mol. The number of nitrogens with zero attached hydrogens (tertiary/aromatic N) is 2. The number of rotatable bonds is 6. The van der Waals surface area contributed by atoms with Crippen LogP contribution in [0.3, 0.4) is 0 Å². The van der Waals surface area contributed by atoms with E-state index in [0.717, 1.165) is 50.1 Å². The lowest BCUT2D eigenvalue weighted by Crippen LogP contribution is -2.53. The number of amides is 1. The molecule has 0 aromatic heterocycles. The van der Waals surface area contributed by atoms with Crippen LogP contribution >= 0.6 is 0 Å². The molecule has 1 unspecified atom stereocenters. The zero-order valence-corrected chi connectivity index (χ0v) is 20.3. The van der Waals surface area contributed by atoms with E-state index in [2.05, 4.69) is 11.8 Å².